The zero-order valence-electron chi connectivity index (χ0n) is 16.2. The van der Waals surface area contributed by atoms with Gasteiger partial charge in [-0.1, -0.05) is 17.7 Å². The molecule has 1 aliphatic heterocycles. The van der Waals surface area contributed by atoms with Crippen LogP contribution in [0.5, 0.6) is 0 Å². The third-order valence-corrected chi connectivity index (χ3v) is 5.06. The molecule has 0 saturated carbocycles. The number of hydrogen-bond donors (Lipinski definition) is 1. The summed E-state index contributed by atoms with van der Waals surface area (Å²) < 4.78 is 5.46. The number of aromatic nitrogens is 2. The van der Waals surface area contributed by atoms with Gasteiger partial charge in [0.05, 0.1) is 30.0 Å². The van der Waals surface area contributed by atoms with Gasteiger partial charge < -0.3 is 15.0 Å². The Kier molecular flexibility index (Phi) is 5.09. The highest BCUT2D eigenvalue weighted by atomic mass is 16.5. The van der Waals surface area contributed by atoms with Crippen LogP contribution in [-0.4, -0.2) is 36.3 Å². The Hall–Kier alpha value is -3.17. The molecule has 0 spiro atoms. The van der Waals surface area contributed by atoms with Crippen molar-refractivity contribution in [3.8, 4) is 6.07 Å². The van der Waals surface area contributed by atoms with Crippen molar-refractivity contribution in [3.05, 3.63) is 58.9 Å². The quantitative estimate of drug-likeness (QED) is 0.754. The summed E-state index contributed by atoms with van der Waals surface area (Å²) in [6.07, 6.45) is 3.47. The number of ether oxygens (including phenoxy) is 1. The van der Waals surface area contributed by atoms with Crippen LogP contribution in [0.4, 0.5) is 11.5 Å². The smallest absolute Gasteiger partial charge is 0.133 e. The van der Waals surface area contributed by atoms with Crippen LogP contribution >= 0.6 is 0 Å². The van der Waals surface area contributed by atoms with Crippen molar-refractivity contribution < 1.29 is 4.74 Å². The molecule has 1 saturated heterocycles. The average molecular weight is 373 g/mol. The highest BCUT2D eigenvalue weighted by Gasteiger charge is 2.17. The molecule has 0 bridgehead atoms. The van der Waals surface area contributed by atoms with E-state index in [9.17, 15) is 5.26 Å². The molecule has 0 aliphatic carbocycles. The van der Waals surface area contributed by atoms with Gasteiger partial charge in [-0.3, -0.25) is 4.98 Å². The van der Waals surface area contributed by atoms with E-state index in [1.165, 1.54) is 0 Å². The number of nitrogens with one attached hydrogen (secondary N) is 1. The van der Waals surface area contributed by atoms with Crippen LogP contribution in [0.1, 0.15) is 22.3 Å². The number of aryl methyl sites for hydroxylation is 2. The van der Waals surface area contributed by atoms with Crippen molar-refractivity contribution >= 4 is 22.4 Å². The second kappa shape index (κ2) is 7.83. The van der Waals surface area contributed by atoms with Gasteiger partial charge in [-0.05, 0) is 31.5 Å². The Morgan fingerprint density at radius 2 is 2.04 bits per heavy atom. The monoisotopic (exact) mass is 373 g/mol. The molecule has 0 amide bonds. The summed E-state index contributed by atoms with van der Waals surface area (Å²) in [6, 6.07) is 10.5. The molecule has 3 heterocycles. The van der Waals surface area contributed by atoms with Gasteiger partial charge in [-0.15, -0.1) is 0 Å². The summed E-state index contributed by atoms with van der Waals surface area (Å²) in [5.74, 6) is 0.975. The zero-order chi connectivity index (χ0) is 19.5. The SMILES string of the molecule is Cc1cc(C)c2ncc(C#N)c(NCc3cccnc3N3CCOCC3)c2c1. The van der Waals surface area contributed by atoms with E-state index in [1.54, 1.807) is 6.20 Å². The average Bonchev–Trinajstić information content (AvgIpc) is 2.72. The minimum atomic E-state index is 0.550. The van der Waals surface area contributed by atoms with E-state index in [4.69, 9.17) is 4.74 Å². The van der Waals surface area contributed by atoms with Crippen molar-refractivity contribution in [1.82, 2.24) is 9.97 Å². The standard InChI is InChI=1S/C22H23N5O/c1-15-10-16(2)20-19(11-15)21(18(12-23)14-25-20)26-13-17-4-3-5-24-22(17)27-6-8-28-9-7-27/h3-5,10-11,14H,6-9,13H2,1-2H3,(H,25,26). The van der Waals surface area contributed by atoms with Crippen molar-refractivity contribution in [2.45, 2.75) is 20.4 Å². The normalized spacial score (nSPS) is 14.1. The molecule has 6 heteroatoms. The molecule has 1 fully saturated rings. The number of rotatable bonds is 4. The lowest BCUT2D eigenvalue weighted by atomic mass is 10.0. The minimum Gasteiger partial charge on any atom is -0.379 e. The fraction of sp³-hybridized carbons (Fsp3) is 0.318. The Morgan fingerprint density at radius 1 is 1.21 bits per heavy atom. The largest absolute Gasteiger partial charge is 0.379 e. The summed E-state index contributed by atoms with van der Waals surface area (Å²) in [4.78, 5) is 11.4. The van der Waals surface area contributed by atoms with Gasteiger partial charge in [-0.2, -0.15) is 5.26 Å². The topological polar surface area (TPSA) is 74.1 Å². The number of nitrogens with zero attached hydrogens (tertiary/aromatic N) is 4. The first-order chi connectivity index (χ1) is 13.7. The summed E-state index contributed by atoms with van der Waals surface area (Å²) in [5.41, 5.74) is 5.66. The first-order valence-corrected chi connectivity index (χ1v) is 9.48. The fourth-order valence-electron chi connectivity index (χ4n) is 3.75. The summed E-state index contributed by atoms with van der Waals surface area (Å²) in [5, 5.41) is 14.1. The molecule has 28 heavy (non-hydrogen) atoms. The van der Waals surface area contributed by atoms with Gasteiger partial charge in [-0.25, -0.2) is 4.98 Å². The second-order valence-electron chi connectivity index (χ2n) is 7.08. The summed E-state index contributed by atoms with van der Waals surface area (Å²) in [6.45, 7) is 7.81. The number of fused-ring (bicyclic) bond motifs is 1. The number of hydrogen-bond acceptors (Lipinski definition) is 6. The highest BCUT2D eigenvalue weighted by molar-refractivity contribution is 5.96. The lowest BCUT2D eigenvalue weighted by molar-refractivity contribution is 0.122. The number of morpholine rings is 1. The molecular formula is C22H23N5O. The highest BCUT2D eigenvalue weighted by Crippen LogP contribution is 2.30. The number of pyridine rings is 2. The van der Waals surface area contributed by atoms with E-state index in [2.05, 4.69) is 58.3 Å². The molecule has 2 aromatic heterocycles. The first kappa shape index (κ1) is 18.2. The Labute approximate surface area is 164 Å². The van der Waals surface area contributed by atoms with Crippen LogP contribution in [0, 0.1) is 25.2 Å². The number of anilines is 2. The molecule has 1 N–H and O–H groups in total. The van der Waals surface area contributed by atoms with Gasteiger partial charge in [0.1, 0.15) is 11.9 Å². The maximum Gasteiger partial charge on any atom is 0.133 e. The van der Waals surface area contributed by atoms with Crippen LogP contribution in [-0.2, 0) is 11.3 Å². The van der Waals surface area contributed by atoms with E-state index in [0.29, 0.717) is 12.1 Å². The van der Waals surface area contributed by atoms with Gasteiger partial charge >= 0.3 is 0 Å². The molecular weight excluding hydrogens is 350 g/mol. The molecule has 0 atom stereocenters. The molecule has 1 aliphatic rings. The maximum absolute atomic E-state index is 9.61. The summed E-state index contributed by atoms with van der Waals surface area (Å²) >= 11 is 0. The van der Waals surface area contributed by atoms with E-state index in [-0.39, 0.29) is 0 Å². The van der Waals surface area contributed by atoms with E-state index in [0.717, 1.165) is 65.4 Å². The molecule has 3 aromatic rings. The van der Waals surface area contributed by atoms with Crippen LogP contribution in [0.3, 0.4) is 0 Å². The van der Waals surface area contributed by atoms with Gasteiger partial charge in [0.25, 0.3) is 0 Å². The minimum absolute atomic E-state index is 0.550. The van der Waals surface area contributed by atoms with E-state index >= 15 is 0 Å². The number of nitriles is 1. The Morgan fingerprint density at radius 3 is 2.82 bits per heavy atom. The van der Waals surface area contributed by atoms with Crippen LogP contribution in [0.25, 0.3) is 10.9 Å². The van der Waals surface area contributed by atoms with Crippen molar-refractivity contribution in [3.63, 3.8) is 0 Å². The first-order valence-electron chi connectivity index (χ1n) is 9.48. The molecule has 0 radical (unpaired) electrons. The van der Waals surface area contributed by atoms with Crippen molar-refractivity contribution in [2.75, 3.05) is 36.5 Å². The maximum atomic E-state index is 9.61. The van der Waals surface area contributed by atoms with Crippen LogP contribution < -0.4 is 10.2 Å². The Balaban J connectivity index is 1.69. The third kappa shape index (κ3) is 3.49. The molecule has 0 unspecified atom stereocenters. The van der Waals surface area contributed by atoms with Crippen molar-refractivity contribution in [2.24, 2.45) is 0 Å². The Bertz CT molecular complexity index is 1050. The lowest BCUT2D eigenvalue weighted by Gasteiger charge is -2.29. The molecule has 1 aromatic carbocycles. The van der Waals surface area contributed by atoms with Gasteiger partial charge in [0.2, 0.25) is 0 Å². The fourth-order valence-corrected chi connectivity index (χ4v) is 3.75. The van der Waals surface area contributed by atoms with Crippen molar-refractivity contribution in [1.29, 1.82) is 5.26 Å². The van der Waals surface area contributed by atoms with Crippen LogP contribution in [0.15, 0.2) is 36.7 Å². The zero-order valence-corrected chi connectivity index (χ0v) is 16.2. The number of benzene rings is 1. The third-order valence-electron chi connectivity index (χ3n) is 5.06. The van der Waals surface area contributed by atoms with E-state index < -0.39 is 0 Å². The van der Waals surface area contributed by atoms with E-state index in [1.807, 2.05) is 12.3 Å². The molecule has 4 rings (SSSR count). The second-order valence-corrected chi connectivity index (χ2v) is 7.08. The summed E-state index contributed by atoms with van der Waals surface area (Å²) in [7, 11) is 0. The molecule has 6 nitrogen and oxygen atoms in total. The lowest BCUT2D eigenvalue weighted by Crippen LogP contribution is -2.37. The molecule has 142 valence electrons. The van der Waals surface area contributed by atoms with Gasteiger partial charge in [0, 0.05) is 43.0 Å². The van der Waals surface area contributed by atoms with Crippen LogP contribution in [0.2, 0.25) is 0 Å². The van der Waals surface area contributed by atoms with Gasteiger partial charge in [0.15, 0.2) is 0 Å². The predicted molar refractivity (Wildman–Crippen MR) is 111 cm³/mol. The predicted octanol–water partition coefficient (Wildman–Crippen LogP) is 3.57.